The first kappa shape index (κ1) is 33.7. The lowest BCUT2D eigenvalue weighted by atomic mass is 9.53. The number of esters is 1. The molecule has 9 heteroatoms. The number of halogens is 3. The summed E-state index contributed by atoms with van der Waals surface area (Å²) in [6, 6.07) is 26.8. The Bertz CT molecular complexity index is 1900. The smallest absolute Gasteiger partial charge is 0.323 e. The van der Waals surface area contributed by atoms with E-state index >= 15 is 9.18 Å². The van der Waals surface area contributed by atoms with Crippen molar-refractivity contribution >= 4 is 40.8 Å². The minimum Gasteiger partial charge on any atom is -0.468 e. The van der Waals surface area contributed by atoms with E-state index in [0.717, 1.165) is 5.56 Å². The van der Waals surface area contributed by atoms with Gasteiger partial charge < -0.3 is 15.2 Å². The number of aliphatic hydroxyl groups is 1. The Morgan fingerprint density at radius 1 is 0.918 bits per heavy atom. The van der Waals surface area contributed by atoms with Crippen LogP contribution in [0.15, 0.2) is 97.1 Å². The molecule has 1 amide bonds. The molecule has 5 atom stereocenters. The summed E-state index contributed by atoms with van der Waals surface area (Å²) < 4.78 is 22.3. The molecule has 2 aliphatic heterocycles. The van der Waals surface area contributed by atoms with Gasteiger partial charge in [0, 0.05) is 22.2 Å². The standard InChI is InChI=1S/C40H39Cl2FN2O4/c1-38(2)19-21-39(22-20-38)40(28-18-17-26(41)23-30(28)44-37(40)48)31(27-15-10-16-29(42)32(27)43)34(36(47)49-3)45(39)33(24-11-6-4-7-12-24)35(46)25-13-8-5-9-14-25/h4-18,23,31,33-35,46H,19-22H2,1-3H3,(H,44,48)/t31?,33-,34?,35+,40-/m1/s1. The van der Waals surface area contributed by atoms with Crippen molar-refractivity contribution in [2.45, 2.75) is 74.6 Å². The molecule has 0 bridgehead atoms. The van der Waals surface area contributed by atoms with Gasteiger partial charge in [-0.25, -0.2) is 4.39 Å². The molecular formula is C40H39Cl2FN2O4. The Hall–Kier alpha value is -3.75. The molecule has 6 nitrogen and oxygen atoms in total. The quantitative estimate of drug-likeness (QED) is 0.197. The third-order valence-electron chi connectivity index (χ3n) is 11.4. The topological polar surface area (TPSA) is 78.9 Å². The Morgan fingerprint density at radius 2 is 1.55 bits per heavy atom. The van der Waals surface area contributed by atoms with Crippen molar-refractivity contribution in [3.8, 4) is 0 Å². The lowest BCUT2D eigenvalue weighted by Crippen LogP contribution is -2.63. The second-order valence-corrected chi connectivity index (χ2v) is 15.2. The zero-order valence-corrected chi connectivity index (χ0v) is 29.1. The van der Waals surface area contributed by atoms with Crippen LogP contribution in [0.1, 0.15) is 79.8 Å². The van der Waals surface area contributed by atoms with Gasteiger partial charge in [-0.15, -0.1) is 0 Å². The Labute approximate surface area is 296 Å². The monoisotopic (exact) mass is 700 g/mol. The Kier molecular flexibility index (Phi) is 8.63. The summed E-state index contributed by atoms with van der Waals surface area (Å²) in [5.41, 5.74) is -0.0419. The molecule has 1 saturated carbocycles. The van der Waals surface area contributed by atoms with Crippen molar-refractivity contribution in [1.82, 2.24) is 4.90 Å². The van der Waals surface area contributed by atoms with E-state index < -0.39 is 46.8 Å². The molecule has 0 radical (unpaired) electrons. The van der Waals surface area contributed by atoms with Crippen molar-refractivity contribution in [1.29, 1.82) is 0 Å². The number of methoxy groups -OCH3 is 1. The van der Waals surface area contributed by atoms with Crippen LogP contribution in [0.2, 0.25) is 10.0 Å². The van der Waals surface area contributed by atoms with E-state index in [2.05, 4.69) is 19.2 Å². The number of carbonyl (C=O) groups is 2. The van der Waals surface area contributed by atoms with E-state index in [0.29, 0.717) is 47.5 Å². The summed E-state index contributed by atoms with van der Waals surface area (Å²) in [5, 5.41) is 16.0. The number of amides is 1. The van der Waals surface area contributed by atoms with Gasteiger partial charge in [-0.2, -0.15) is 0 Å². The highest BCUT2D eigenvalue weighted by molar-refractivity contribution is 6.31. The van der Waals surface area contributed by atoms with E-state index in [1.807, 2.05) is 71.6 Å². The first-order valence-corrected chi connectivity index (χ1v) is 17.4. The second kappa shape index (κ2) is 12.5. The fraction of sp³-hybridized carbons (Fsp3) is 0.350. The fourth-order valence-electron chi connectivity index (χ4n) is 9.18. The van der Waals surface area contributed by atoms with E-state index in [4.69, 9.17) is 27.9 Å². The molecule has 0 aromatic heterocycles. The summed E-state index contributed by atoms with van der Waals surface area (Å²) in [6.07, 6.45) is 1.24. The van der Waals surface area contributed by atoms with Crippen LogP contribution in [-0.2, 0) is 19.7 Å². The number of hydrogen-bond acceptors (Lipinski definition) is 5. The Morgan fingerprint density at radius 3 is 2.18 bits per heavy atom. The van der Waals surface area contributed by atoms with E-state index in [9.17, 15) is 9.90 Å². The predicted molar refractivity (Wildman–Crippen MR) is 189 cm³/mol. The molecular weight excluding hydrogens is 662 g/mol. The van der Waals surface area contributed by atoms with Crippen molar-refractivity contribution < 1.29 is 23.8 Å². The lowest BCUT2D eigenvalue weighted by Gasteiger charge is -2.56. The summed E-state index contributed by atoms with van der Waals surface area (Å²) in [4.78, 5) is 31.9. The molecule has 1 saturated heterocycles. The number of fused-ring (bicyclic) bond motifs is 3. The van der Waals surface area contributed by atoms with Crippen molar-refractivity contribution in [2.24, 2.45) is 5.41 Å². The van der Waals surface area contributed by atoms with E-state index in [1.165, 1.54) is 13.2 Å². The average molecular weight is 702 g/mol. The molecule has 2 unspecified atom stereocenters. The number of aliphatic hydroxyl groups excluding tert-OH is 1. The van der Waals surface area contributed by atoms with Crippen molar-refractivity contribution in [2.75, 3.05) is 12.4 Å². The molecule has 3 aliphatic rings. The highest BCUT2D eigenvalue weighted by Gasteiger charge is 2.77. The number of nitrogens with one attached hydrogen (secondary N) is 1. The van der Waals surface area contributed by atoms with Crippen LogP contribution in [0.5, 0.6) is 0 Å². The first-order valence-electron chi connectivity index (χ1n) is 16.7. The van der Waals surface area contributed by atoms with Gasteiger partial charge in [0.05, 0.1) is 24.3 Å². The van der Waals surface area contributed by atoms with Gasteiger partial charge in [0.2, 0.25) is 5.91 Å². The zero-order chi connectivity index (χ0) is 34.7. The van der Waals surface area contributed by atoms with Crippen LogP contribution in [0.3, 0.4) is 0 Å². The third kappa shape index (κ3) is 5.12. The van der Waals surface area contributed by atoms with Crippen LogP contribution in [0.25, 0.3) is 0 Å². The van der Waals surface area contributed by atoms with Crippen LogP contribution in [0, 0.1) is 11.2 Å². The van der Waals surface area contributed by atoms with Gasteiger partial charge >= 0.3 is 5.97 Å². The highest BCUT2D eigenvalue weighted by atomic mass is 35.5. The molecule has 254 valence electrons. The minimum absolute atomic E-state index is 0.0730. The summed E-state index contributed by atoms with van der Waals surface area (Å²) >= 11 is 13.0. The molecule has 1 aliphatic carbocycles. The van der Waals surface area contributed by atoms with Crippen molar-refractivity contribution in [3.05, 3.63) is 135 Å². The summed E-state index contributed by atoms with van der Waals surface area (Å²) in [7, 11) is 1.31. The van der Waals surface area contributed by atoms with Crippen LogP contribution < -0.4 is 5.32 Å². The highest BCUT2D eigenvalue weighted by Crippen LogP contribution is 2.70. The molecule has 4 aromatic carbocycles. The zero-order valence-electron chi connectivity index (χ0n) is 27.6. The summed E-state index contributed by atoms with van der Waals surface area (Å²) in [6.45, 7) is 4.40. The van der Waals surface area contributed by atoms with Gasteiger partial charge in [0.25, 0.3) is 0 Å². The molecule has 2 fully saturated rings. The average Bonchev–Trinajstić information content (AvgIpc) is 3.53. The molecule has 2 spiro atoms. The fourth-order valence-corrected chi connectivity index (χ4v) is 9.53. The third-order valence-corrected chi connectivity index (χ3v) is 11.9. The minimum atomic E-state index is -1.52. The van der Waals surface area contributed by atoms with E-state index in [-0.39, 0.29) is 21.9 Å². The van der Waals surface area contributed by atoms with Crippen LogP contribution >= 0.6 is 23.2 Å². The van der Waals surface area contributed by atoms with Crippen LogP contribution in [0.4, 0.5) is 10.1 Å². The van der Waals surface area contributed by atoms with Gasteiger partial charge in [-0.3, -0.25) is 14.5 Å². The first-order chi connectivity index (χ1) is 23.5. The number of likely N-dealkylation sites (tertiary alicyclic amines) is 1. The number of ether oxygens (including phenoxy) is 1. The maximum atomic E-state index is 16.6. The largest absolute Gasteiger partial charge is 0.468 e. The predicted octanol–water partition coefficient (Wildman–Crippen LogP) is 8.78. The second-order valence-electron chi connectivity index (χ2n) is 14.4. The van der Waals surface area contributed by atoms with Gasteiger partial charge in [-0.05, 0) is 71.6 Å². The van der Waals surface area contributed by atoms with Gasteiger partial charge in [0.15, 0.2) is 0 Å². The van der Waals surface area contributed by atoms with Crippen molar-refractivity contribution in [3.63, 3.8) is 0 Å². The SMILES string of the molecule is COC(=O)C1C(c2cccc(Cl)c2F)[C@]2(C(=O)Nc3cc(Cl)ccc32)C2(CCC(C)(C)CC2)N1[C@H](c1ccccc1)[C@@H](O)c1ccccc1. The number of anilines is 1. The van der Waals surface area contributed by atoms with Gasteiger partial charge in [-0.1, -0.05) is 116 Å². The molecule has 4 aromatic rings. The van der Waals surface area contributed by atoms with Gasteiger partial charge in [0.1, 0.15) is 17.3 Å². The number of carbonyl (C=O) groups excluding carboxylic acids is 2. The molecule has 7 rings (SSSR count). The summed E-state index contributed by atoms with van der Waals surface area (Å²) in [5.74, 6) is -2.80. The lowest BCUT2D eigenvalue weighted by molar-refractivity contribution is -0.153. The molecule has 49 heavy (non-hydrogen) atoms. The molecule has 2 N–H and O–H groups in total. The normalized spacial score (nSPS) is 25.2. The number of rotatable bonds is 6. The Balaban J connectivity index is 1.63. The number of benzene rings is 4. The van der Waals surface area contributed by atoms with Crippen LogP contribution in [-0.4, -0.2) is 40.6 Å². The maximum Gasteiger partial charge on any atom is 0.323 e. The molecule has 2 heterocycles. The maximum absolute atomic E-state index is 16.6. The van der Waals surface area contributed by atoms with E-state index in [1.54, 1.807) is 24.3 Å². The number of nitrogens with zero attached hydrogens (tertiary/aromatic N) is 1. The number of hydrogen-bond donors (Lipinski definition) is 2.